The van der Waals surface area contributed by atoms with Gasteiger partial charge in [-0.2, -0.15) is 0 Å². The fraction of sp³-hybridized carbons (Fsp3) is 1.00. The van der Waals surface area contributed by atoms with Crippen LogP contribution in [-0.2, 0) is 9.47 Å². The van der Waals surface area contributed by atoms with Gasteiger partial charge in [-0.15, -0.1) is 0 Å². The molecule has 3 N–H and O–H groups in total. The van der Waals surface area contributed by atoms with Crippen molar-refractivity contribution in [2.75, 3.05) is 19.8 Å². The Morgan fingerprint density at radius 2 is 2.00 bits per heavy atom. The number of nitrogens with two attached hydrogens (primary N) is 1. The SMILES string of the molecule is NCC1(C2(O)CCOCC2)CC2CCC1O2. The van der Waals surface area contributed by atoms with Crippen LogP contribution in [0.15, 0.2) is 0 Å². The van der Waals surface area contributed by atoms with Gasteiger partial charge < -0.3 is 20.3 Å². The van der Waals surface area contributed by atoms with Crippen molar-refractivity contribution in [2.45, 2.75) is 49.9 Å². The summed E-state index contributed by atoms with van der Waals surface area (Å²) in [4.78, 5) is 0. The minimum absolute atomic E-state index is 0.172. The maximum absolute atomic E-state index is 10.9. The van der Waals surface area contributed by atoms with E-state index < -0.39 is 5.60 Å². The minimum atomic E-state index is -0.667. The number of ether oxygens (including phenoxy) is 2. The van der Waals surface area contributed by atoms with Crippen LogP contribution in [0, 0.1) is 5.41 Å². The molecular weight excluding hydrogens is 206 g/mol. The molecular formula is C12H21NO3. The fourth-order valence-electron chi connectivity index (χ4n) is 3.90. The number of rotatable bonds is 2. The van der Waals surface area contributed by atoms with Gasteiger partial charge in [0.05, 0.1) is 17.8 Å². The van der Waals surface area contributed by atoms with Crippen LogP contribution >= 0.6 is 0 Å². The smallest absolute Gasteiger partial charge is 0.0785 e. The van der Waals surface area contributed by atoms with E-state index in [1.165, 1.54) is 0 Å². The first-order chi connectivity index (χ1) is 7.70. The summed E-state index contributed by atoms with van der Waals surface area (Å²) < 4.78 is 11.3. The van der Waals surface area contributed by atoms with Gasteiger partial charge in [0.1, 0.15) is 0 Å². The summed E-state index contributed by atoms with van der Waals surface area (Å²) >= 11 is 0. The maximum atomic E-state index is 10.9. The molecule has 3 fully saturated rings. The Kier molecular flexibility index (Phi) is 2.51. The van der Waals surface area contributed by atoms with Crippen LogP contribution < -0.4 is 5.73 Å². The Morgan fingerprint density at radius 3 is 2.50 bits per heavy atom. The van der Waals surface area contributed by atoms with E-state index in [1.54, 1.807) is 0 Å². The number of hydrogen-bond donors (Lipinski definition) is 2. The van der Waals surface area contributed by atoms with Crippen molar-refractivity contribution in [3.05, 3.63) is 0 Å². The van der Waals surface area contributed by atoms with Crippen molar-refractivity contribution in [3.8, 4) is 0 Å². The molecule has 0 saturated carbocycles. The van der Waals surface area contributed by atoms with Crippen LogP contribution in [0.3, 0.4) is 0 Å². The molecule has 3 saturated heterocycles. The molecule has 3 unspecified atom stereocenters. The zero-order valence-electron chi connectivity index (χ0n) is 9.65. The number of fused-ring (bicyclic) bond motifs is 2. The number of aliphatic hydroxyl groups is 1. The summed E-state index contributed by atoms with van der Waals surface area (Å²) in [5.41, 5.74) is 5.12. The van der Waals surface area contributed by atoms with Crippen molar-refractivity contribution < 1.29 is 14.6 Å². The molecule has 0 spiro atoms. The van der Waals surface area contributed by atoms with Crippen LogP contribution in [-0.4, -0.2) is 42.7 Å². The van der Waals surface area contributed by atoms with E-state index in [1.807, 2.05) is 0 Å². The van der Waals surface area contributed by atoms with E-state index in [9.17, 15) is 5.11 Å². The Hall–Kier alpha value is -0.160. The van der Waals surface area contributed by atoms with E-state index >= 15 is 0 Å². The molecule has 3 aliphatic heterocycles. The van der Waals surface area contributed by atoms with Crippen LogP contribution in [0.25, 0.3) is 0 Å². The standard InChI is InChI=1S/C12H21NO3/c13-8-11(7-9-1-2-10(11)16-9)12(14)3-5-15-6-4-12/h9-10,14H,1-8,13H2. The molecule has 0 aromatic rings. The molecule has 0 aliphatic carbocycles. The van der Waals surface area contributed by atoms with E-state index in [4.69, 9.17) is 15.2 Å². The monoisotopic (exact) mass is 227 g/mol. The van der Waals surface area contributed by atoms with E-state index in [0.29, 0.717) is 38.7 Å². The van der Waals surface area contributed by atoms with Crippen LogP contribution in [0.1, 0.15) is 32.1 Å². The van der Waals surface area contributed by atoms with Gasteiger partial charge in [-0.05, 0) is 19.3 Å². The largest absolute Gasteiger partial charge is 0.389 e. The highest BCUT2D eigenvalue weighted by Gasteiger charge is 2.61. The molecule has 4 heteroatoms. The molecule has 0 radical (unpaired) electrons. The fourth-order valence-corrected chi connectivity index (χ4v) is 3.90. The summed E-state index contributed by atoms with van der Waals surface area (Å²) in [6, 6.07) is 0. The molecule has 3 aliphatic rings. The molecule has 2 bridgehead atoms. The highest BCUT2D eigenvalue weighted by atomic mass is 16.5. The highest BCUT2D eigenvalue weighted by Crippen LogP contribution is 2.55. The third-order valence-electron chi connectivity index (χ3n) is 4.93. The molecule has 0 amide bonds. The van der Waals surface area contributed by atoms with E-state index in [-0.39, 0.29) is 11.5 Å². The van der Waals surface area contributed by atoms with Crippen molar-refractivity contribution in [2.24, 2.45) is 11.1 Å². The summed E-state index contributed by atoms with van der Waals surface area (Å²) in [6.45, 7) is 1.83. The Bertz CT molecular complexity index is 277. The first-order valence-electron chi connectivity index (χ1n) is 6.36. The zero-order valence-corrected chi connectivity index (χ0v) is 9.65. The van der Waals surface area contributed by atoms with Gasteiger partial charge in [0.25, 0.3) is 0 Å². The quantitative estimate of drug-likeness (QED) is 0.718. The van der Waals surface area contributed by atoms with Crippen LogP contribution in [0.4, 0.5) is 0 Å². The average molecular weight is 227 g/mol. The van der Waals surface area contributed by atoms with Gasteiger partial charge >= 0.3 is 0 Å². The predicted molar refractivity (Wildman–Crippen MR) is 59.0 cm³/mol. The first kappa shape index (κ1) is 11.0. The summed E-state index contributed by atoms with van der Waals surface area (Å²) in [6.07, 6.45) is 5.05. The minimum Gasteiger partial charge on any atom is -0.389 e. The maximum Gasteiger partial charge on any atom is 0.0785 e. The molecule has 0 aromatic carbocycles. The van der Waals surface area contributed by atoms with Crippen molar-refractivity contribution in [1.29, 1.82) is 0 Å². The summed E-state index contributed by atoms with van der Waals surface area (Å²) in [7, 11) is 0. The third-order valence-corrected chi connectivity index (χ3v) is 4.93. The lowest BCUT2D eigenvalue weighted by Gasteiger charge is -2.49. The summed E-state index contributed by atoms with van der Waals surface area (Å²) in [5.74, 6) is 0. The molecule has 16 heavy (non-hydrogen) atoms. The van der Waals surface area contributed by atoms with Crippen molar-refractivity contribution in [3.63, 3.8) is 0 Å². The van der Waals surface area contributed by atoms with Gasteiger partial charge in [-0.25, -0.2) is 0 Å². The van der Waals surface area contributed by atoms with Crippen molar-refractivity contribution in [1.82, 2.24) is 0 Å². The van der Waals surface area contributed by atoms with Gasteiger partial charge in [0, 0.05) is 38.0 Å². The lowest BCUT2D eigenvalue weighted by molar-refractivity contribution is -0.159. The molecule has 92 valence electrons. The van der Waals surface area contributed by atoms with Gasteiger partial charge in [0.15, 0.2) is 0 Å². The van der Waals surface area contributed by atoms with E-state index in [0.717, 1.165) is 19.3 Å². The Morgan fingerprint density at radius 1 is 1.25 bits per heavy atom. The van der Waals surface area contributed by atoms with Gasteiger partial charge in [0.2, 0.25) is 0 Å². The molecule has 3 heterocycles. The second kappa shape index (κ2) is 3.67. The van der Waals surface area contributed by atoms with Crippen LogP contribution in [0.5, 0.6) is 0 Å². The lowest BCUT2D eigenvalue weighted by Crippen LogP contribution is -2.59. The first-order valence-corrected chi connectivity index (χ1v) is 6.36. The molecule has 4 nitrogen and oxygen atoms in total. The van der Waals surface area contributed by atoms with Crippen molar-refractivity contribution >= 4 is 0 Å². The van der Waals surface area contributed by atoms with Crippen LogP contribution in [0.2, 0.25) is 0 Å². The summed E-state index contributed by atoms with van der Waals surface area (Å²) in [5, 5.41) is 10.9. The zero-order chi connectivity index (χ0) is 11.2. The Labute approximate surface area is 96.1 Å². The normalized spacial score (nSPS) is 46.1. The molecule has 3 rings (SSSR count). The third kappa shape index (κ3) is 1.30. The molecule has 0 aromatic heterocycles. The highest BCUT2D eigenvalue weighted by molar-refractivity contribution is 5.12. The average Bonchev–Trinajstić information content (AvgIpc) is 2.90. The van der Waals surface area contributed by atoms with Gasteiger partial charge in [-0.3, -0.25) is 0 Å². The second-order valence-electron chi connectivity index (χ2n) is 5.53. The van der Waals surface area contributed by atoms with Gasteiger partial charge in [-0.1, -0.05) is 0 Å². The Balaban J connectivity index is 1.89. The molecule has 3 atom stereocenters. The topological polar surface area (TPSA) is 64.7 Å². The second-order valence-corrected chi connectivity index (χ2v) is 5.53. The number of hydrogen-bond acceptors (Lipinski definition) is 4. The predicted octanol–water partition coefficient (Wildman–Crippen LogP) is 0.424. The van der Waals surface area contributed by atoms with E-state index in [2.05, 4.69) is 0 Å². The lowest BCUT2D eigenvalue weighted by atomic mass is 9.60.